The fraction of sp³-hybridized carbons (Fsp3) is 0.429. The molecule has 0 unspecified atom stereocenters. The summed E-state index contributed by atoms with van der Waals surface area (Å²) >= 11 is 4.80. The Morgan fingerprint density at radius 3 is 2.65 bits per heavy atom. The van der Waals surface area contributed by atoms with Gasteiger partial charge in [0.05, 0.1) is 5.75 Å². The Morgan fingerprint density at radius 1 is 1.30 bits per heavy atom. The van der Waals surface area contributed by atoms with E-state index in [9.17, 15) is 9.59 Å². The van der Waals surface area contributed by atoms with Crippen molar-refractivity contribution in [3.05, 3.63) is 28.7 Å². The van der Waals surface area contributed by atoms with E-state index >= 15 is 0 Å². The van der Waals surface area contributed by atoms with Crippen molar-refractivity contribution >= 4 is 39.6 Å². The summed E-state index contributed by atoms with van der Waals surface area (Å²) in [6.45, 7) is 0.552. The van der Waals surface area contributed by atoms with Crippen LogP contribution in [-0.4, -0.2) is 40.2 Å². The van der Waals surface area contributed by atoms with Gasteiger partial charge in [-0.05, 0) is 43.5 Å². The second kappa shape index (κ2) is 7.13. The number of hydrogen-bond acceptors (Lipinski definition) is 3. The minimum atomic E-state index is -0.897. The first-order valence-electron chi connectivity index (χ1n) is 6.48. The molecule has 2 rings (SSSR count). The molecule has 1 fully saturated rings. The molecule has 0 spiro atoms. The van der Waals surface area contributed by atoms with Gasteiger partial charge >= 0.3 is 5.97 Å². The summed E-state index contributed by atoms with van der Waals surface area (Å²) in [4.78, 5) is 25.9. The molecule has 0 aliphatic carbocycles. The zero-order valence-corrected chi connectivity index (χ0v) is 13.3. The summed E-state index contributed by atoms with van der Waals surface area (Å²) in [5.41, 5.74) is 0. The second-order valence-corrected chi connectivity index (χ2v) is 6.64. The van der Waals surface area contributed by atoms with Gasteiger partial charge in [-0.2, -0.15) is 0 Å². The average molecular weight is 358 g/mol. The molecule has 1 saturated heterocycles. The number of amides is 1. The molecule has 1 N–H and O–H groups in total. The zero-order valence-electron chi connectivity index (χ0n) is 10.9. The van der Waals surface area contributed by atoms with Crippen molar-refractivity contribution in [1.82, 2.24) is 4.90 Å². The standard InChI is InChI=1S/C14H16BrNO3S/c15-10-4-6-11(7-5-10)20-9-13(17)16-8-2-1-3-12(16)14(18)19/h4-7,12H,1-3,8-9H2,(H,18,19)/t12-/m0/s1. The summed E-state index contributed by atoms with van der Waals surface area (Å²) < 4.78 is 0.996. The molecule has 1 atom stereocenters. The van der Waals surface area contributed by atoms with Crippen LogP contribution in [0.4, 0.5) is 0 Å². The van der Waals surface area contributed by atoms with E-state index in [0.717, 1.165) is 22.2 Å². The molecule has 1 aromatic carbocycles. The Hall–Kier alpha value is -1.01. The lowest BCUT2D eigenvalue weighted by molar-refractivity contribution is -0.150. The van der Waals surface area contributed by atoms with Crippen LogP contribution < -0.4 is 0 Å². The number of carbonyl (C=O) groups excluding carboxylic acids is 1. The van der Waals surface area contributed by atoms with Crippen molar-refractivity contribution in [2.75, 3.05) is 12.3 Å². The molecule has 0 aromatic heterocycles. The summed E-state index contributed by atoms with van der Waals surface area (Å²) in [6, 6.07) is 7.07. The number of nitrogens with zero attached hydrogens (tertiary/aromatic N) is 1. The Balaban J connectivity index is 1.93. The number of carboxylic acid groups (broad SMARTS) is 1. The number of carbonyl (C=O) groups is 2. The highest BCUT2D eigenvalue weighted by atomic mass is 79.9. The predicted molar refractivity (Wildman–Crippen MR) is 81.9 cm³/mol. The van der Waals surface area contributed by atoms with E-state index < -0.39 is 12.0 Å². The van der Waals surface area contributed by atoms with Gasteiger partial charge in [0.15, 0.2) is 0 Å². The Morgan fingerprint density at radius 2 is 2.00 bits per heavy atom. The molecule has 0 saturated carbocycles. The molecule has 0 radical (unpaired) electrons. The van der Waals surface area contributed by atoms with Crippen molar-refractivity contribution in [2.24, 2.45) is 0 Å². The first-order chi connectivity index (χ1) is 9.58. The normalized spacial score (nSPS) is 18.9. The number of halogens is 1. The van der Waals surface area contributed by atoms with Crippen LogP contribution in [0.5, 0.6) is 0 Å². The van der Waals surface area contributed by atoms with Gasteiger partial charge in [0.1, 0.15) is 6.04 Å². The van der Waals surface area contributed by atoms with Crippen LogP contribution in [0.2, 0.25) is 0 Å². The predicted octanol–water partition coefficient (Wildman–Crippen LogP) is 3.01. The number of piperidine rings is 1. The number of benzene rings is 1. The van der Waals surface area contributed by atoms with E-state index in [1.165, 1.54) is 16.7 Å². The minimum Gasteiger partial charge on any atom is -0.480 e. The fourth-order valence-corrected chi connectivity index (χ4v) is 3.29. The van der Waals surface area contributed by atoms with Gasteiger partial charge in [-0.1, -0.05) is 15.9 Å². The minimum absolute atomic E-state index is 0.0926. The average Bonchev–Trinajstić information content (AvgIpc) is 2.46. The molecule has 20 heavy (non-hydrogen) atoms. The molecule has 6 heteroatoms. The summed E-state index contributed by atoms with van der Waals surface area (Å²) in [6.07, 6.45) is 2.32. The SMILES string of the molecule is O=C(O)[C@@H]1CCCCN1C(=O)CSc1ccc(Br)cc1. The maximum absolute atomic E-state index is 12.2. The van der Waals surface area contributed by atoms with E-state index in [1.807, 2.05) is 24.3 Å². The van der Waals surface area contributed by atoms with E-state index in [-0.39, 0.29) is 11.7 Å². The number of carboxylic acids is 1. The van der Waals surface area contributed by atoms with Crippen LogP contribution in [0.25, 0.3) is 0 Å². The fourth-order valence-electron chi connectivity index (χ4n) is 2.25. The Labute approximate surface area is 130 Å². The van der Waals surface area contributed by atoms with Gasteiger partial charge in [0.2, 0.25) is 5.91 Å². The third-order valence-electron chi connectivity index (χ3n) is 3.28. The third kappa shape index (κ3) is 3.99. The van der Waals surface area contributed by atoms with Crippen molar-refractivity contribution in [1.29, 1.82) is 0 Å². The first-order valence-corrected chi connectivity index (χ1v) is 8.26. The van der Waals surface area contributed by atoms with Gasteiger partial charge in [-0.15, -0.1) is 11.8 Å². The molecule has 4 nitrogen and oxygen atoms in total. The molecule has 1 aliphatic heterocycles. The number of aliphatic carboxylic acids is 1. The topological polar surface area (TPSA) is 57.6 Å². The van der Waals surface area contributed by atoms with Crippen molar-refractivity contribution in [3.63, 3.8) is 0 Å². The number of thioether (sulfide) groups is 1. The van der Waals surface area contributed by atoms with Gasteiger partial charge in [0, 0.05) is 15.9 Å². The van der Waals surface area contributed by atoms with Crippen LogP contribution in [-0.2, 0) is 9.59 Å². The van der Waals surface area contributed by atoms with Crippen LogP contribution >= 0.6 is 27.7 Å². The Kier molecular flexibility index (Phi) is 5.48. The molecule has 108 valence electrons. The molecule has 1 aliphatic rings. The lowest BCUT2D eigenvalue weighted by atomic mass is 10.0. The van der Waals surface area contributed by atoms with Crippen LogP contribution in [0.1, 0.15) is 19.3 Å². The molecular weight excluding hydrogens is 342 g/mol. The van der Waals surface area contributed by atoms with Crippen molar-refractivity contribution in [2.45, 2.75) is 30.2 Å². The lowest BCUT2D eigenvalue weighted by Gasteiger charge is -2.32. The maximum Gasteiger partial charge on any atom is 0.326 e. The smallest absolute Gasteiger partial charge is 0.326 e. The number of hydrogen-bond donors (Lipinski definition) is 1. The molecule has 1 heterocycles. The largest absolute Gasteiger partial charge is 0.480 e. The van der Waals surface area contributed by atoms with Crippen LogP contribution in [0.3, 0.4) is 0 Å². The quantitative estimate of drug-likeness (QED) is 0.841. The van der Waals surface area contributed by atoms with Gasteiger partial charge < -0.3 is 10.0 Å². The van der Waals surface area contributed by atoms with E-state index in [0.29, 0.717) is 13.0 Å². The van der Waals surface area contributed by atoms with E-state index in [4.69, 9.17) is 5.11 Å². The number of likely N-dealkylation sites (tertiary alicyclic amines) is 1. The van der Waals surface area contributed by atoms with Crippen LogP contribution in [0.15, 0.2) is 33.6 Å². The number of rotatable bonds is 4. The highest BCUT2D eigenvalue weighted by molar-refractivity contribution is 9.10. The lowest BCUT2D eigenvalue weighted by Crippen LogP contribution is -2.48. The van der Waals surface area contributed by atoms with Crippen molar-refractivity contribution < 1.29 is 14.7 Å². The Bertz CT molecular complexity index is 492. The second-order valence-electron chi connectivity index (χ2n) is 4.68. The summed E-state index contributed by atoms with van der Waals surface area (Å²) in [5, 5.41) is 9.17. The van der Waals surface area contributed by atoms with Gasteiger partial charge in [-0.3, -0.25) is 4.79 Å². The van der Waals surface area contributed by atoms with E-state index in [2.05, 4.69) is 15.9 Å². The van der Waals surface area contributed by atoms with Crippen molar-refractivity contribution in [3.8, 4) is 0 Å². The molecular formula is C14H16BrNO3S. The molecule has 1 aromatic rings. The van der Waals surface area contributed by atoms with Crippen LogP contribution in [0, 0.1) is 0 Å². The maximum atomic E-state index is 12.2. The summed E-state index contributed by atoms with van der Waals surface area (Å²) in [7, 11) is 0. The highest BCUT2D eigenvalue weighted by Crippen LogP contribution is 2.23. The first kappa shape index (κ1) is 15.4. The highest BCUT2D eigenvalue weighted by Gasteiger charge is 2.31. The zero-order chi connectivity index (χ0) is 14.5. The summed E-state index contributed by atoms with van der Waals surface area (Å²) in [5.74, 6) is -0.706. The molecule has 0 bridgehead atoms. The molecule has 1 amide bonds. The monoisotopic (exact) mass is 357 g/mol. The van der Waals surface area contributed by atoms with E-state index in [1.54, 1.807) is 0 Å². The van der Waals surface area contributed by atoms with Gasteiger partial charge in [0.25, 0.3) is 0 Å². The third-order valence-corrected chi connectivity index (χ3v) is 4.81. The van der Waals surface area contributed by atoms with Gasteiger partial charge in [-0.25, -0.2) is 4.79 Å².